The zero-order chi connectivity index (χ0) is 14.5. The van der Waals surface area contributed by atoms with Crippen molar-refractivity contribution in [3.05, 3.63) is 30.1 Å². The molecule has 0 aliphatic rings. The van der Waals surface area contributed by atoms with Crippen molar-refractivity contribution < 1.29 is 9.32 Å². The first-order chi connectivity index (χ1) is 9.58. The molecule has 0 bridgehead atoms. The zero-order valence-electron chi connectivity index (χ0n) is 11.8. The van der Waals surface area contributed by atoms with Crippen LogP contribution in [0.3, 0.4) is 0 Å². The van der Waals surface area contributed by atoms with Gasteiger partial charge in [0, 0.05) is 30.6 Å². The fourth-order valence-corrected chi connectivity index (χ4v) is 1.73. The second-order valence-electron chi connectivity index (χ2n) is 4.67. The van der Waals surface area contributed by atoms with Crippen LogP contribution in [0, 0.1) is 0 Å². The van der Waals surface area contributed by atoms with E-state index in [1.165, 1.54) is 6.92 Å². The molecule has 6 heteroatoms. The van der Waals surface area contributed by atoms with Crippen LogP contribution in [0.25, 0.3) is 11.5 Å². The van der Waals surface area contributed by atoms with E-state index in [2.05, 4.69) is 27.7 Å². The van der Waals surface area contributed by atoms with E-state index in [-0.39, 0.29) is 5.91 Å². The molecule has 0 aliphatic heterocycles. The number of anilines is 1. The highest BCUT2D eigenvalue weighted by Gasteiger charge is 2.11. The SMILES string of the molecule is CNC(C)Cc1noc(-c2ccc(NC(C)=O)cc2)n1. The van der Waals surface area contributed by atoms with Gasteiger partial charge in [-0.1, -0.05) is 5.16 Å². The van der Waals surface area contributed by atoms with Crippen LogP contribution in [0.1, 0.15) is 19.7 Å². The summed E-state index contributed by atoms with van der Waals surface area (Å²) in [5.41, 5.74) is 1.57. The van der Waals surface area contributed by atoms with Crippen molar-refractivity contribution in [2.45, 2.75) is 26.3 Å². The fraction of sp³-hybridized carbons (Fsp3) is 0.357. The first-order valence-electron chi connectivity index (χ1n) is 6.46. The van der Waals surface area contributed by atoms with Crippen LogP contribution in [0.5, 0.6) is 0 Å². The lowest BCUT2D eigenvalue weighted by Gasteiger charge is -2.04. The molecule has 1 unspecified atom stereocenters. The summed E-state index contributed by atoms with van der Waals surface area (Å²) in [6.45, 7) is 3.53. The highest BCUT2D eigenvalue weighted by molar-refractivity contribution is 5.88. The van der Waals surface area contributed by atoms with Gasteiger partial charge in [0.2, 0.25) is 5.91 Å². The minimum absolute atomic E-state index is 0.0983. The van der Waals surface area contributed by atoms with Crippen LogP contribution < -0.4 is 10.6 Å². The number of carbonyl (C=O) groups excluding carboxylic acids is 1. The lowest BCUT2D eigenvalue weighted by Crippen LogP contribution is -2.24. The lowest BCUT2D eigenvalue weighted by atomic mass is 10.2. The number of amides is 1. The molecule has 0 spiro atoms. The molecular formula is C14H18N4O2. The highest BCUT2D eigenvalue weighted by Crippen LogP contribution is 2.20. The van der Waals surface area contributed by atoms with E-state index in [1.807, 2.05) is 19.2 Å². The molecule has 0 fully saturated rings. The third-order valence-electron chi connectivity index (χ3n) is 2.90. The highest BCUT2D eigenvalue weighted by atomic mass is 16.5. The predicted molar refractivity (Wildman–Crippen MR) is 76.3 cm³/mol. The van der Waals surface area contributed by atoms with Crippen LogP contribution >= 0.6 is 0 Å². The molecule has 20 heavy (non-hydrogen) atoms. The van der Waals surface area contributed by atoms with Crippen molar-refractivity contribution in [1.82, 2.24) is 15.5 Å². The predicted octanol–water partition coefficient (Wildman–Crippen LogP) is 1.85. The van der Waals surface area contributed by atoms with E-state index < -0.39 is 0 Å². The lowest BCUT2D eigenvalue weighted by molar-refractivity contribution is -0.114. The normalized spacial score (nSPS) is 12.2. The molecule has 2 aromatic rings. The third kappa shape index (κ3) is 3.64. The fourth-order valence-electron chi connectivity index (χ4n) is 1.73. The van der Waals surface area contributed by atoms with E-state index >= 15 is 0 Å². The number of hydrogen-bond donors (Lipinski definition) is 2. The smallest absolute Gasteiger partial charge is 0.257 e. The number of benzene rings is 1. The van der Waals surface area contributed by atoms with Crippen LogP contribution in [-0.4, -0.2) is 29.1 Å². The Labute approximate surface area is 117 Å². The number of nitrogens with zero attached hydrogens (tertiary/aromatic N) is 2. The number of likely N-dealkylation sites (N-methyl/N-ethyl adjacent to an activating group) is 1. The molecule has 1 aromatic carbocycles. The second-order valence-corrected chi connectivity index (χ2v) is 4.67. The average Bonchev–Trinajstić information content (AvgIpc) is 2.87. The summed E-state index contributed by atoms with van der Waals surface area (Å²) in [4.78, 5) is 15.3. The van der Waals surface area contributed by atoms with Crippen molar-refractivity contribution in [3.63, 3.8) is 0 Å². The van der Waals surface area contributed by atoms with Crippen LogP contribution in [0.2, 0.25) is 0 Å². The Morgan fingerprint density at radius 1 is 1.35 bits per heavy atom. The number of hydrogen-bond acceptors (Lipinski definition) is 5. The molecular weight excluding hydrogens is 256 g/mol. The van der Waals surface area contributed by atoms with Crippen LogP contribution in [0.15, 0.2) is 28.8 Å². The summed E-state index contributed by atoms with van der Waals surface area (Å²) in [7, 11) is 1.90. The van der Waals surface area contributed by atoms with Gasteiger partial charge in [-0.15, -0.1) is 0 Å². The molecule has 1 amide bonds. The van der Waals surface area contributed by atoms with Gasteiger partial charge < -0.3 is 15.2 Å². The zero-order valence-corrected chi connectivity index (χ0v) is 11.8. The third-order valence-corrected chi connectivity index (χ3v) is 2.90. The maximum atomic E-state index is 10.9. The Kier molecular flexibility index (Phi) is 4.47. The van der Waals surface area contributed by atoms with Crippen LogP contribution in [-0.2, 0) is 11.2 Å². The van der Waals surface area contributed by atoms with Crippen molar-refractivity contribution in [2.75, 3.05) is 12.4 Å². The minimum Gasteiger partial charge on any atom is -0.334 e. The molecule has 1 heterocycles. The van der Waals surface area contributed by atoms with Gasteiger partial charge in [-0.25, -0.2) is 0 Å². The first kappa shape index (κ1) is 14.2. The second kappa shape index (κ2) is 6.29. The molecule has 0 saturated heterocycles. The summed E-state index contributed by atoms with van der Waals surface area (Å²) < 4.78 is 5.24. The van der Waals surface area contributed by atoms with E-state index in [0.717, 1.165) is 11.3 Å². The molecule has 0 aliphatic carbocycles. The Bertz CT molecular complexity index is 577. The monoisotopic (exact) mass is 274 g/mol. The average molecular weight is 274 g/mol. The summed E-state index contributed by atoms with van der Waals surface area (Å²) in [6, 6.07) is 7.57. The van der Waals surface area contributed by atoms with Crippen molar-refractivity contribution in [3.8, 4) is 11.5 Å². The number of aromatic nitrogens is 2. The number of rotatable bonds is 5. The summed E-state index contributed by atoms with van der Waals surface area (Å²) >= 11 is 0. The summed E-state index contributed by atoms with van der Waals surface area (Å²) in [5.74, 6) is 1.06. The summed E-state index contributed by atoms with van der Waals surface area (Å²) in [5, 5.41) is 9.79. The molecule has 1 aromatic heterocycles. The van der Waals surface area contributed by atoms with E-state index in [1.54, 1.807) is 12.1 Å². The summed E-state index contributed by atoms with van der Waals surface area (Å²) in [6.07, 6.45) is 0.712. The Morgan fingerprint density at radius 2 is 2.05 bits per heavy atom. The molecule has 0 radical (unpaired) electrons. The van der Waals surface area contributed by atoms with Crippen molar-refractivity contribution >= 4 is 11.6 Å². The maximum Gasteiger partial charge on any atom is 0.257 e. The van der Waals surface area contributed by atoms with E-state index in [9.17, 15) is 4.79 Å². The van der Waals surface area contributed by atoms with E-state index in [0.29, 0.717) is 24.2 Å². The molecule has 2 N–H and O–H groups in total. The first-order valence-corrected chi connectivity index (χ1v) is 6.46. The van der Waals surface area contributed by atoms with Gasteiger partial charge in [0.15, 0.2) is 5.82 Å². The van der Waals surface area contributed by atoms with Gasteiger partial charge in [-0.3, -0.25) is 4.79 Å². The molecule has 0 saturated carbocycles. The Balaban J connectivity index is 2.09. The van der Waals surface area contributed by atoms with Crippen LogP contribution in [0.4, 0.5) is 5.69 Å². The molecule has 2 rings (SSSR count). The standard InChI is InChI=1S/C14H18N4O2/c1-9(15-3)8-13-17-14(20-18-13)11-4-6-12(7-5-11)16-10(2)19/h4-7,9,15H,8H2,1-3H3,(H,16,19). The van der Waals surface area contributed by atoms with Crippen molar-refractivity contribution in [2.24, 2.45) is 0 Å². The quantitative estimate of drug-likeness (QED) is 0.869. The van der Waals surface area contributed by atoms with Gasteiger partial charge in [0.25, 0.3) is 5.89 Å². The maximum absolute atomic E-state index is 10.9. The van der Waals surface area contributed by atoms with Gasteiger partial charge in [0.1, 0.15) is 0 Å². The van der Waals surface area contributed by atoms with Crippen molar-refractivity contribution in [1.29, 1.82) is 0 Å². The minimum atomic E-state index is -0.0983. The molecule has 1 atom stereocenters. The largest absolute Gasteiger partial charge is 0.334 e. The van der Waals surface area contributed by atoms with Gasteiger partial charge in [-0.05, 0) is 38.2 Å². The van der Waals surface area contributed by atoms with Gasteiger partial charge >= 0.3 is 0 Å². The molecule has 6 nitrogen and oxygen atoms in total. The number of nitrogens with one attached hydrogen (secondary N) is 2. The molecule has 106 valence electrons. The van der Waals surface area contributed by atoms with Gasteiger partial charge in [-0.2, -0.15) is 4.98 Å². The number of carbonyl (C=O) groups is 1. The Morgan fingerprint density at radius 3 is 2.65 bits per heavy atom. The Hall–Kier alpha value is -2.21. The van der Waals surface area contributed by atoms with E-state index in [4.69, 9.17) is 4.52 Å². The topological polar surface area (TPSA) is 80.0 Å². The van der Waals surface area contributed by atoms with Gasteiger partial charge in [0.05, 0.1) is 0 Å².